The van der Waals surface area contributed by atoms with Crippen molar-refractivity contribution in [3.05, 3.63) is 23.8 Å². The van der Waals surface area contributed by atoms with Gasteiger partial charge in [0.1, 0.15) is 0 Å². The van der Waals surface area contributed by atoms with Gasteiger partial charge < -0.3 is 0 Å². The van der Waals surface area contributed by atoms with Crippen molar-refractivity contribution >= 4 is 0 Å². The maximum atomic E-state index is 2.20. The van der Waals surface area contributed by atoms with Gasteiger partial charge in [0.2, 0.25) is 0 Å². The van der Waals surface area contributed by atoms with Gasteiger partial charge in [-0.25, -0.2) is 0 Å². The van der Waals surface area contributed by atoms with E-state index in [9.17, 15) is 0 Å². The molecule has 0 aromatic heterocycles. The van der Waals surface area contributed by atoms with E-state index < -0.39 is 0 Å². The first kappa shape index (κ1) is 8.48. The molecule has 0 unspecified atom stereocenters. The van der Waals surface area contributed by atoms with E-state index in [0.717, 1.165) is 0 Å². The van der Waals surface area contributed by atoms with Crippen molar-refractivity contribution in [3.63, 3.8) is 0 Å². The summed E-state index contributed by atoms with van der Waals surface area (Å²) < 4.78 is 0. The highest BCUT2D eigenvalue weighted by Gasteiger charge is 1.82. The van der Waals surface area contributed by atoms with E-state index >= 15 is 0 Å². The molecular weight excluding hydrogens is 108 g/mol. The highest BCUT2D eigenvalue weighted by molar-refractivity contribution is 4.97. The van der Waals surface area contributed by atoms with Crippen molar-refractivity contribution in [2.45, 2.75) is 33.6 Å². The Hall–Kier alpha value is -0.520. The second-order valence-electron chi connectivity index (χ2n) is 2.24. The van der Waals surface area contributed by atoms with Gasteiger partial charge in [-0.15, -0.1) is 0 Å². The van der Waals surface area contributed by atoms with E-state index in [0.29, 0.717) is 0 Å². The summed E-state index contributed by atoms with van der Waals surface area (Å²) in [5.74, 6) is 0. The Balaban J connectivity index is 3.28. The molecule has 0 bridgehead atoms. The third-order valence-electron chi connectivity index (χ3n) is 1.43. The molecule has 0 saturated heterocycles. The van der Waals surface area contributed by atoms with Crippen LogP contribution in [0.3, 0.4) is 0 Å². The molecule has 0 saturated carbocycles. The third kappa shape index (κ3) is 5.35. The summed E-state index contributed by atoms with van der Waals surface area (Å²) in [5.41, 5.74) is 1.48. The molecule has 0 aliphatic carbocycles. The van der Waals surface area contributed by atoms with Crippen molar-refractivity contribution in [3.8, 4) is 0 Å². The van der Waals surface area contributed by atoms with Gasteiger partial charge in [-0.1, -0.05) is 23.8 Å². The normalized spacial score (nSPS) is 13.0. The van der Waals surface area contributed by atoms with E-state index in [1.807, 2.05) is 0 Å². The predicted molar refractivity (Wildman–Crippen MR) is 43.5 cm³/mol. The Morgan fingerprint density at radius 3 is 2.44 bits per heavy atom. The third-order valence-corrected chi connectivity index (χ3v) is 1.43. The van der Waals surface area contributed by atoms with E-state index in [2.05, 4.69) is 39.0 Å². The van der Waals surface area contributed by atoms with E-state index in [-0.39, 0.29) is 0 Å². The average Bonchev–Trinajstić information content (AvgIpc) is 1.89. The molecule has 0 radical (unpaired) electrons. The van der Waals surface area contributed by atoms with Gasteiger partial charge in [0, 0.05) is 0 Å². The quantitative estimate of drug-likeness (QED) is 0.506. The van der Waals surface area contributed by atoms with Crippen molar-refractivity contribution < 1.29 is 0 Å². The van der Waals surface area contributed by atoms with E-state index in [1.54, 1.807) is 0 Å². The van der Waals surface area contributed by atoms with Crippen LogP contribution in [0.15, 0.2) is 23.8 Å². The monoisotopic (exact) mass is 124 g/mol. The number of allylic oxidation sites excluding steroid dienone is 4. The van der Waals surface area contributed by atoms with Crippen molar-refractivity contribution in [2.75, 3.05) is 0 Å². The summed E-state index contributed by atoms with van der Waals surface area (Å²) >= 11 is 0. The van der Waals surface area contributed by atoms with Gasteiger partial charge in [-0.05, 0) is 33.6 Å². The zero-order chi connectivity index (χ0) is 7.11. The topological polar surface area (TPSA) is 0 Å². The van der Waals surface area contributed by atoms with Crippen LogP contribution < -0.4 is 0 Å². The molecule has 0 spiro atoms. The minimum atomic E-state index is 1.19. The lowest BCUT2D eigenvalue weighted by Gasteiger charge is -1.93. The van der Waals surface area contributed by atoms with Gasteiger partial charge in [0.05, 0.1) is 0 Å². The van der Waals surface area contributed by atoms with Crippen LogP contribution >= 0.6 is 0 Å². The molecule has 0 fully saturated rings. The lowest BCUT2D eigenvalue weighted by molar-refractivity contribution is 0.972. The first-order valence-corrected chi connectivity index (χ1v) is 3.54. The summed E-state index contributed by atoms with van der Waals surface area (Å²) in [6.07, 6.45) is 8.87. The molecule has 0 heteroatoms. The first-order valence-electron chi connectivity index (χ1n) is 3.54. The zero-order valence-electron chi connectivity index (χ0n) is 6.65. The maximum Gasteiger partial charge on any atom is -0.0288 e. The summed E-state index contributed by atoms with van der Waals surface area (Å²) in [6.45, 7) is 6.32. The molecule has 0 amide bonds. The smallest absolute Gasteiger partial charge is 0.0288 e. The largest absolute Gasteiger partial charge is 0.0917 e. The van der Waals surface area contributed by atoms with Gasteiger partial charge in [0.15, 0.2) is 0 Å². The van der Waals surface area contributed by atoms with Crippen LogP contribution in [0.5, 0.6) is 0 Å². The molecule has 0 heterocycles. The molecule has 0 nitrogen and oxygen atoms in total. The summed E-state index contributed by atoms with van der Waals surface area (Å²) in [7, 11) is 0. The molecule has 0 rings (SSSR count). The van der Waals surface area contributed by atoms with Crippen LogP contribution in [0.4, 0.5) is 0 Å². The fraction of sp³-hybridized carbons (Fsp3) is 0.556. The minimum absolute atomic E-state index is 1.19. The number of hydrogen-bond acceptors (Lipinski definition) is 0. The summed E-state index contributed by atoms with van der Waals surface area (Å²) in [4.78, 5) is 0. The first-order chi connectivity index (χ1) is 4.31. The van der Waals surface area contributed by atoms with Crippen LogP contribution in [-0.2, 0) is 0 Å². The van der Waals surface area contributed by atoms with Crippen LogP contribution in [0, 0.1) is 0 Å². The van der Waals surface area contributed by atoms with Gasteiger partial charge in [-0.2, -0.15) is 0 Å². The maximum absolute atomic E-state index is 2.20. The Morgan fingerprint density at radius 1 is 1.33 bits per heavy atom. The fourth-order valence-electron chi connectivity index (χ4n) is 0.622. The van der Waals surface area contributed by atoms with Crippen LogP contribution in [0.2, 0.25) is 0 Å². The van der Waals surface area contributed by atoms with Crippen molar-refractivity contribution in [2.24, 2.45) is 0 Å². The molecule has 0 atom stereocenters. The van der Waals surface area contributed by atoms with Crippen LogP contribution in [-0.4, -0.2) is 0 Å². The van der Waals surface area contributed by atoms with E-state index in [4.69, 9.17) is 0 Å². The standard InChI is InChI=1S/C9H16/c1-4-6-7-8-9(3)5-2/h4-6H,7-8H2,1-3H3/b6-4+,9-5?. The van der Waals surface area contributed by atoms with Gasteiger partial charge >= 0.3 is 0 Å². The van der Waals surface area contributed by atoms with Gasteiger partial charge in [-0.3, -0.25) is 0 Å². The fourth-order valence-corrected chi connectivity index (χ4v) is 0.622. The number of hydrogen-bond donors (Lipinski definition) is 0. The molecule has 0 aromatic carbocycles. The summed E-state index contributed by atoms with van der Waals surface area (Å²) in [6, 6.07) is 0. The average molecular weight is 124 g/mol. The molecule has 0 aliphatic heterocycles. The Labute approximate surface area is 58.3 Å². The molecular formula is C9H16. The molecule has 0 aromatic rings. The Kier molecular flexibility index (Phi) is 5.29. The molecule has 9 heavy (non-hydrogen) atoms. The zero-order valence-corrected chi connectivity index (χ0v) is 6.65. The minimum Gasteiger partial charge on any atom is -0.0917 e. The predicted octanol–water partition coefficient (Wildman–Crippen LogP) is 3.31. The lowest BCUT2D eigenvalue weighted by Crippen LogP contribution is -1.72. The summed E-state index contributed by atoms with van der Waals surface area (Å²) in [5, 5.41) is 0. The number of rotatable bonds is 3. The van der Waals surface area contributed by atoms with Crippen LogP contribution in [0.1, 0.15) is 33.6 Å². The van der Waals surface area contributed by atoms with Crippen molar-refractivity contribution in [1.29, 1.82) is 0 Å². The Bertz CT molecular complexity index is 107. The highest BCUT2D eigenvalue weighted by atomic mass is 13.9. The SMILES string of the molecule is CC=C(C)CC/C=C/C. The second-order valence-corrected chi connectivity index (χ2v) is 2.24. The second kappa shape index (κ2) is 5.61. The highest BCUT2D eigenvalue weighted by Crippen LogP contribution is 2.02. The van der Waals surface area contributed by atoms with Crippen molar-refractivity contribution in [1.82, 2.24) is 0 Å². The van der Waals surface area contributed by atoms with E-state index in [1.165, 1.54) is 18.4 Å². The van der Waals surface area contributed by atoms with Crippen LogP contribution in [0.25, 0.3) is 0 Å². The Morgan fingerprint density at radius 2 is 2.00 bits per heavy atom. The molecule has 52 valence electrons. The molecule has 0 N–H and O–H groups in total. The molecule has 0 aliphatic rings. The lowest BCUT2D eigenvalue weighted by atomic mass is 10.1. The van der Waals surface area contributed by atoms with Gasteiger partial charge in [0.25, 0.3) is 0 Å².